The number of pyridine rings is 1. The minimum Gasteiger partial charge on any atom is -0.268 e. The predicted molar refractivity (Wildman–Crippen MR) is 68.3 cm³/mol. The van der Waals surface area contributed by atoms with E-state index in [2.05, 4.69) is 39.9 Å². The molecular formula is C12H14BrN3. The van der Waals surface area contributed by atoms with E-state index in [4.69, 9.17) is 0 Å². The molecule has 84 valence electrons. The van der Waals surface area contributed by atoms with Crippen molar-refractivity contribution >= 4 is 15.9 Å². The van der Waals surface area contributed by atoms with E-state index in [1.54, 1.807) is 0 Å². The number of aromatic nitrogens is 3. The van der Waals surface area contributed by atoms with E-state index >= 15 is 0 Å². The Bertz CT molecular complexity index is 517. The molecule has 2 heterocycles. The summed E-state index contributed by atoms with van der Waals surface area (Å²) >= 11 is 3.60. The Morgan fingerprint density at radius 2 is 2.12 bits per heavy atom. The summed E-state index contributed by atoms with van der Waals surface area (Å²) < 4.78 is 3.06. The molecule has 0 saturated heterocycles. The Labute approximate surface area is 104 Å². The Hall–Kier alpha value is -1.16. The molecule has 3 nitrogen and oxygen atoms in total. The van der Waals surface area contributed by atoms with Crippen LogP contribution in [0.3, 0.4) is 0 Å². The third kappa shape index (κ3) is 1.89. The Morgan fingerprint density at radius 3 is 2.69 bits per heavy atom. The number of halogens is 1. The van der Waals surface area contributed by atoms with Crippen LogP contribution in [0.25, 0.3) is 11.3 Å². The zero-order chi connectivity index (χ0) is 11.7. The van der Waals surface area contributed by atoms with E-state index in [-0.39, 0.29) is 0 Å². The molecule has 0 aromatic carbocycles. The lowest BCUT2D eigenvalue weighted by molar-refractivity contribution is 0.641. The normalized spacial score (nSPS) is 10.8. The minimum absolute atomic E-state index is 0.883. The monoisotopic (exact) mass is 279 g/mol. The first-order valence-corrected chi connectivity index (χ1v) is 6.08. The van der Waals surface area contributed by atoms with Gasteiger partial charge in [0.05, 0.1) is 10.2 Å². The van der Waals surface area contributed by atoms with Crippen LogP contribution in [0.2, 0.25) is 0 Å². The zero-order valence-electron chi connectivity index (χ0n) is 9.66. The number of rotatable bonds is 2. The van der Waals surface area contributed by atoms with Crippen LogP contribution in [0.5, 0.6) is 0 Å². The average Bonchev–Trinajstić information content (AvgIpc) is 2.56. The molecule has 0 bridgehead atoms. The summed E-state index contributed by atoms with van der Waals surface area (Å²) in [6.45, 7) is 7.03. The molecule has 2 aromatic heterocycles. The van der Waals surface area contributed by atoms with Crippen molar-refractivity contribution < 1.29 is 0 Å². The average molecular weight is 280 g/mol. The molecule has 0 atom stereocenters. The molecule has 4 heteroatoms. The molecule has 0 aliphatic heterocycles. The first-order valence-electron chi connectivity index (χ1n) is 5.29. The Kier molecular flexibility index (Phi) is 3.10. The van der Waals surface area contributed by atoms with E-state index in [0.29, 0.717) is 0 Å². The van der Waals surface area contributed by atoms with Crippen LogP contribution in [-0.4, -0.2) is 14.8 Å². The van der Waals surface area contributed by atoms with Crippen molar-refractivity contribution in [3.05, 3.63) is 34.2 Å². The van der Waals surface area contributed by atoms with Gasteiger partial charge in [-0.2, -0.15) is 5.10 Å². The first kappa shape index (κ1) is 11.3. The summed E-state index contributed by atoms with van der Waals surface area (Å²) in [7, 11) is 0. The second-order valence-corrected chi connectivity index (χ2v) is 4.54. The molecule has 0 spiro atoms. The Morgan fingerprint density at radius 1 is 1.38 bits per heavy atom. The van der Waals surface area contributed by atoms with Crippen LogP contribution >= 0.6 is 15.9 Å². The maximum atomic E-state index is 4.58. The van der Waals surface area contributed by atoms with Crippen LogP contribution in [0.1, 0.15) is 18.3 Å². The summed E-state index contributed by atoms with van der Waals surface area (Å²) in [6.07, 6.45) is 1.82. The van der Waals surface area contributed by atoms with Gasteiger partial charge in [0.1, 0.15) is 5.69 Å². The number of aryl methyl sites for hydroxylation is 2. The summed E-state index contributed by atoms with van der Waals surface area (Å²) in [5.74, 6) is 0. The van der Waals surface area contributed by atoms with Gasteiger partial charge in [-0.3, -0.25) is 9.67 Å². The lowest BCUT2D eigenvalue weighted by Gasteiger charge is -1.98. The van der Waals surface area contributed by atoms with Crippen molar-refractivity contribution in [2.45, 2.75) is 27.3 Å². The highest BCUT2D eigenvalue weighted by molar-refractivity contribution is 9.10. The highest BCUT2D eigenvalue weighted by Crippen LogP contribution is 2.29. The van der Waals surface area contributed by atoms with Crippen molar-refractivity contribution in [3.8, 4) is 11.3 Å². The van der Waals surface area contributed by atoms with Gasteiger partial charge < -0.3 is 0 Å². The maximum Gasteiger partial charge on any atom is 0.107 e. The van der Waals surface area contributed by atoms with Crippen LogP contribution in [-0.2, 0) is 6.54 Å². The summed E-state index contributed by atoms with van der Waals surface area (Å²) in [4.78, 5) is 4.19. The predicted octanol–water partition coefficient (Wildman–Crippen LogP) is 3.34. The molecule has 0 N–H and O–H groups in total. The van der Waals surface area contributed by atoms with Gasteiger partial charge in [0.25, 0.3) is 0 Å². The first-order chi connectivity index (χ1) is 7.63. The molecule has 0 saturated carbocycles. The highest BCUT2D eigenvalue weighted by Gasteiger charge is 2.13. The molecule has 0 aliphatic carbocycles. The fraction of sp³-hybridized carbons (Fsp3) is 0.333. The van der Waals surface area contributed by atoms with Gasteiger partial charge in [-0.1, -0.05) is 0 Å². The SMILES string of the molecule is CCn1nc(-c2ccnc(C)c2)c(Br)c1C. The van der Waals surface area contributed by atoms with Crippen molar-refractivity contribution in [1.82, 2.24) is 14.8 Å². The van der Waals surface area contributed by atoms with Crippen LogP contribution in [0.15, 0.2) is 22.8 Å². The van der Waals surface area contributed by atoms with Crippen molar-refractivity contribution in [2.24, 2.45) is 0 Å². The smallest absolute Gasteiger partial charge is 0.107 e. The topological polar surface area (TPSA) is 30.7 Å². The van der Waals surface area contributed by atoms with Crippen LogP contribution in [0, 0.1) is 13.8 Å². The van der Waals surface area contributed by atoms with Gasteiger partial charge in [0.15, 0.2) is 0 Å². The second kappa shape index (κ2) is 4.37. The van der Waals surface area contributed by atoms with Crippen LogP contribution in [0.4, 0.5) is 0 Å². The zero-order valence-corrected chi connectivity index (χ0v) is 11.2. The molecular weight excluding hydrogens is 266 g/mol. The molecule has 0 amide bonds. The van der Waals surface area contributed by atoms with E-state index < -0.39 is 0 Å². The van der Waals surface area contributed by atoms with Gasteiger partial charge in [0.2, 0.25) is 0 Å². The molecule has 0 fully saturated rings. The number of hydrogen-bond donors (Lipinski definition) is 0. The standard InChI is InChI=1S/C12H14BrN3/c1-4-16-9(3)11(13)12(15-16)10-5-6-14-8(2)7-10/h5-7H,4H2,1-3H3. The van der Waals surface area contributed by atoms with Gasteiger partial charge in [0, 0.05) is 24.0 Å². The number of hydrogen-bond acceptors (Lipinski definition) is 2. The lowest BCUT2D eigenvalue weighted by Crippen LogP contribution is -1.98. The van der Waals surface area contributed by atoms with E-state index in [1.807, 2.05) is 29.9 Å². The van der Waals surface area contributed by atoms with Crippen molar-refractivity contribution in [2.75, 3.05) is 0 Å². The van der Waals surface area contributed by atoms with Crippen LogP contribution < -0.4 is 0 Å². The molecule has 2 aromatic rings. The van der Waals surface area contributed by atoms with Gasteiger partial charge in [-0.25, -0.2) is 0 Å². The van der Waals surface area contributed by atoms with E-state index in [0.717, 1.165) is 33.7 Å². The Balaban J connectivity index is 2.56. The fourth-order valence-corrected chi connectivity index (χ4v) is 2.22. The van der Waals surface area contributed by atoms with E-state index in [1.165, 1.54) is 0 Å². The second-order valence-electron chi connectivity index (χ2n) is 3.75. The summed E-state index contributed by atoms with van der Waals surface area (Å²) in [5.41, 5.74) is 4.26. The quantitative estimate of drug-likeness (QED) is 0.844. The molecule has 16 heavy (non-hydrogen) atoms. The highest BCUT2D eigenvalue weighted by atomic mass is 79.9. The van der Waals surface area contributed by atoms with Gasteiger partial charge in [-0.15, -0.1) is 0 Å². The molecule has 2 rings (SSSR count). The van der Waals surface area contributed by atoms with Crippen molar-refractivity contribution in [1.29, 1.82) is 0 Å². The number of nitrogens with zero attached hydrogens (tertiary/aromatic N) is 3. The molecule has 0 unspecified atom stereocenters. The third-order valence-corrected chi connectivity index (χ3v) is 3.55. The van der Waals surface area contributed by atoms with E-state index in [9.17, 15) is 0 Å². The van der Waals surface area contributed by atoms with Gasteiger partial charge >= 0.3 is 0 Å². The lowest BCUT2D eigenvalue weighted by atomic mass is 10.1. The summed E-state index contributed by atoms with van der Waals surface area (Å²) in [5, 5.41) is 4.58. The third-order valence-electron chi connectivity index (χ3n) is 2.60. The largest absolute Gasteiger partial charge is 0.268 e. The minimum atomic E-state index is 0.883. The fourth-order valence-electron chi connectivity index (χ4n) is 1.71. The maximum absolute atomic E-state index is 4.58. The molecule has 0 aliphatic rings. The summed E-state index contributed by atoms with van der Waals surface area (Å²) in [6, 6.07) is 4.03. The van der Waals surface area contributed by atoms with Crippen molar-refractivity contribution in [3.63, 3.8) is 0 Å². The molecule has 0 radical (unpaired) electrons. The van der Waals surface area contributed by atoms with Gasteiger partial charge in [-0.05, 0) is 48.8 Å².